The minimum Gasteiger partial charge on any atom is -0.497 e. The van der Waals surface area contributed by atoms with Crippen molar-refractivity contribution in [1.29, 1.82) is 0 Å². The molecule has 2 aromatic carbocycles. The number of nitrogens with one attached hydrogen (secondary N) is 1. The van der Waals surface area contributed by atoms with Gasteiger partial charge < -0.3 is 19.2 Å². The minimum atomic E-state index is -0.251. The van der Waals surface area contributed by atoms with Gasteiger partial charge in [-0.3, -0.25) is 4.79 Å². The summed E-state index contributed by atoms with van der Waals surface area (Å²) in [7, 11) is 3.19. The molecule has 0 aliphatic heterocycles. The zero-order chi connectivity index (χ0) is 18.0. The van der Waals surface area contributed by atoms with Crippen molar-refractivity contribution in [3.05, 3.63) is 59.4 Å². The summed E-state index contributed by atoms with van der Waals surface area (Å²) in [5.41, 5.74) is 2.41. The van der Waals surface area contributed by atoms with Crippen LogP contribution in [0, 0.1) is 6.92 Å². The Hall–Kier alpha value is -2.95. The Morgan fingerprint density at radius 3 is 2.56 bits per heavy atom. The molecule has 1 aromatic heterocycles. The summed E-state index contributed by atoms with van der Waals surface area (Å²) in [5.74, 6) is 1.44. The second kappa shape index (κ2) is 6.89. The molecule has 1 N–H and O–H groups in total. The van der Waals surface area contributed by atoms with Crippen molar-refractivity contribution in [2.75, 3.05) is 14.2 Å². The van der Waals surface area contributed by atoms with Crippen molar-refractivity contribution in [2.24, 2.45) is 0 Å². The molecule has 5 heteroatoms. The quantitative estimate of drug-likeness (QED) is 0.755. The van der Waals surface area contributed by atoms with E-state index >= 15 is 0 Å². The first-order chi connectivity index (χ1) is 12.0. The van der Waals surface area contributed by atoms with Crippen LogP contribution in [0.3, 0.4) is 0 Å². The summed E-state index contributed by atoms with van der Waals surface area (Å²) in [5, 5.41) is 3.92. The Morgan fingerprint density at radius 1 is 1.12 bits per heavy atom. The lowest BCUT2D eigenvalue weighted by Crippen LogP contribution is -2.27. The third-order valence-electron chi connectivity index (χ3n) is 4.30. The maximum atomic E-state index is 12.7. The van der Waals surface area contributed by atoms with Gasteiger partial charge in [0.15, 0.2) is 5.76 Å². The molecule has 0 saturated heterocycles. The maximum Gasteiger partial charge on any atom is 0.287 e. The summed E-state index contributed by atoms with van der Waals surface area (Å²) in [4.78, 5) is 12.7. The second-order valence-corrected chi connectivity index (χ2v) is 5.86. The lowest BCUT2D eigenvalue weighted by molar-refractivity contribution is 0.0913. The Balaban J connectivity index is 1.86. The van der Waals surface area contributed by atoms with Gasteiger partial charge in [-0.15, -0.1) is 0 Å². The molecule has 3 rings (SSSR count). The Bertz CT molecular complexity index is 913. The highest BCUT2D eigenvalue weighted by molar-refractivity contribution is 5.99. The Labute approximate surface area is 146 Å². The topological polar surface area (TPSA) is 60.7 Å². The van der Waals surface area contributed by atoms with E-state index in [1.165, 1.54) is 0 Å². The van der Waals surface area contributed by atoms with Crippen molar-refractivity contribution >= 4 is 16.9 Å². The Morgan fingerprint density at radius 2 is 1.88 bits per heavy atom. The number of hydrogen-bond donors (Lipinski definition) is 1. The number of furan rings is 1. The van der Waals surface area contributed by atoms with E-state index < -0.39 is 0 Å². The average Bonchev–Trinajstić information content (AvgIpc) is 2.98. The van der Waals surface area contributed by atoms with Gasteiger partial charge in [0.1, 0.15) is 17.1 Å². The van der Waals surface area contributed by atoms with Crippen molar-refractivity contribution < 1.29 is 18.7 Å². The zero-order valence-corrected chi connectivity index (χ0v) is 14.8. The molecule has 3 aromatic rings. The summed E-state index contributed by atoms with van der Waals surface area (Å²) in [6.45, 7) is 3.79. The predicted molar refractivity (Wildman–Crippen MR) is 96.4 cm³/mol. The van der Waals surface area contributed by atoms with Crippen LogP contribution >= 0.6 is 0 Å². The van der Waals surface area contributed by atoms with Gasteiger partial charge in [0.25, 0.3) is 5.91 Å². The van der Waals surface area contributed by atoms with Gasteiger partial charge in [-0.2, -0.15) is 0 Å². The molecule has 5 nitrogen and oxygen atoms in total. The highest BCUT2D eigenvalue weighted by atomic mass is 16.5. The van der Waals surface area contributed by atoms with Gasteiger partial charge in [0, 0.05) is 22.6 Å². The molecule has 130 valence electrons. The lowest BCUT2D eigenvalue weighted by Gasteiger charge is -2.17. The number of aryl methyl sites for hydroxylation is 1. The summed E-state index contributed by atoms with van der Waals surface area (Å²) in [6.07, 6.45) is 0. The Kier molecular flexibility index (Phi) is 4.65. The molecular weight excluding hydrogens is 318 g/mol. The van der Waals surface area contributed by atoms with E-state index in [0.29, 0.717) is 22.8 Å². The monoisotopic (exact) mass is 339 g/mol. The maximum absolute atomic E-state index is 12.7. The highest BCUT2D eigenvalue weighted by Crippen LogP contribution is 2.30. The van der Waals surface area contributed by atoms with Crippen LogP contribution in [0.25, 0.3) is 11.0 Å². The van der Waals surface area contributed by atoms with Crippen LogP contribution in [0.15, 0.2) is 46.9 Å². The minimum absolute atomic E-state index is 0.249. The van der Waals surface area contributed by atoms with E-state index in [2.05, 4.69) is 5.32 Å². The molecule has 1 atom stereocenters. The highest BCUT2D eigenvalue weighted by Gasteiger charge is 2.21. The molecule has 25 heavy (non-hydrogen) atoms. The molecule has 0 bridgehead atoms. The van der Waals surface area contributed by atoms with Crippen LogP contribution in [0.4, 0.5) is 0 Å². The molecule has 1 unspecified atom stereocenters. The van der Waals surface area contributed by atoms with Crippen molar-refractivity contribution in [3.8, 4) is 11.5 Å². The average molecular weight is 339 g/mol. The number of hydrogen-bond acceptors (Lipinski definition) is 4. The van der Waals surface area contributed by atoms with Crippen molar-refractivity contribution in [3.63, 3.8) is 0 Å². The van der Waals surface area contributed by atoms with Gasteiger partial charge in [-0.1, -0.05) is 18.2 Å². The lowest BCUT2D eigenvalue weighted by atomic mass is 10.1. The molecule has 1 amide bonds. The number of benzene rings is 2. The molecule has 1 heterocycles. The largest absolute Gasteiger partial charge is 0.497 e. The van der Waals surface area contributed by atoms with Gasteiger partial charge in [0.2, 0.25) is 0 Å². The summed E-state index contributed by atoms with van der Waals surface area (Å²) in [6, 6.07) is 12.9. The van der Waals surface area contributed by atoms with Crippen molar-refractivity contribution in [2.45, 2.75) is 19.9 Å². The van der Waals surface area contributed by atoms with Crippen LogP contribution in [-0.4, -0.2) is 20.1 Å². The molecule has 0 radical (unpaired) electrons. The summed E-state index contributed by atoms with van der Waals surface area (Å²) >= 11 is 0. The molecule has 0 aliphatic rings. The van der Waals surface area contributed by atoms with Crippen LogP contribution in [0.1, 0.15) is 34.6 Å². The number of para-hydroxylation sites is 1. The molecule has 0 spiro atoms. The number of carbonyl (C=O) groups excluding carboxylic acids is 1. The van der Waals surface area contributed by atoms with E-state index in [4.69, 9.17) is 13.9 Å². The van der Waals surface area contributed by atoms with Gasteiger partial charge in [-0.05, 0) is 32.0 Å². The normalized spacial score (nSPS) is 12.0. The first kappa shape index (κ1) is 16.9. The molecule has 0 saturated carbocycles. The summed E-state index contributed by atoms with van der Waals surface area (Å²) < 4.78 is 16.3. The number of ether oxygens (including phenoxy) is 2. The first-order valence-corrected chi connectivity index (χ1v) is 8.06. The number of methoxy groups -OCH3 is 2. The van der Waals surface area contributed by atoms with E-state index in [1.54, 1.807) is 20.3 Å². The smallest absolute Gasteiger partial charge is 0.287 e. The molecular formula is C20H21NO4. The van der Waals surface area contributed by atoms with E-state index in [0.717, 1.165) is 16.5 Å². The molecule has 0 aliphatic carbocycles. The van der Waals surface area contributed by atoms with E-state index in [9.17, 15) is 4.79 Å². The fourth-order valence-corrected chi connectivity index (χ4v) is 2.91. The number of fused-ring (bicyclic) bond motifs is 1. The zero-order valence-electron chi connectivity index (χ0n) is 14.8. The van der Waals surface area contributed by atoms with Crippen LogP contribution in [0.2, 0.25) is 0 Å². The number of rotatable bonds is 5. The second-order valence-electron chi connectivity index (χ2n) is 5.86. The third kappa shape index (κ3) is 3.18. The van der Waals surface area contributed by atoms with E-state index in [1.807, 2.05) is 50.2 Å². The third-order valence-corrected chi connectivity index (χ3v) is 4.30. The van der Waals surface area contributed by atoms with Crippen LogP contribution in [-0.2, 0) is 0 Å². The van der Waals surface area contributed by atoms with Crippen molar-refractivity contribution in [1.82, 2.24) is 5.32 Å². The first-order valence-electron chi connectivity index (χ1n) is 8.06. The van der Waals surface area contributed by atoms with Crippen LogP contribution < -0.4 is 14.8 Å². The molecule has 0 fully saturated rings. The van der Waals surface area contributed by atoms with Gasteiger partial charge in [0.05, 0.1) is 20.3 Å². The number of amides is 1. The van der Waals surface area contributed by atoms with Gasteiger partial charge in [-0.25, -0.2) is 0 Å². The number of carbonyl (C=O) groups is 1. The standard InChI is InChI=1S/C20H21NO4/c1-12-15-7-5-6-8-17(15)25-19(12)20(22)21-13(2)16-10-9-14(23-3)11-18(16)24-4/h5-11,13H,1-4H3,(H,21,22). The van der Waals surface area contributed by atoms with Crippen LogP contribution in [0.5, 0.6) is 11.5 Å². The fourth-order valence-electron chi connectivity index (χ4n) is 2.91. The fraction of sp³-hybridized carbons (Fsp3) is 0.250. The van der Waals surface area contributed by atoms with Gasteiger partial charge >= 0.3 is 0 Å². The van der Waals surface area contributed by atoms with E-state index in [-0.39, 0.29) is 11.9 Å². The predicted octanol–water partition coefficient (Wildman–Crippen LogP) is 4.25. The SMILES string of the molecule is COc1ccc(C(C)NC(=O)c2oc3ccccc3c2C)c(OC)c1.